The van der Waals surface area contributed by atoms with Crippen LogP contribution in [0.1, 0.15) is 22.1 Å². The maximum absolute atomic E-state index is 10.2. The van der Waals surface area contributed by atoms with Gasteiger partial charge in [0.25, 0.3) is 0 Å². The fourth-order valence-corrected chi connectivity index (χ4v) is 2.63. The molecule has 0 bridgehead atoms. The zero-order valence-electron chi connectivity index (χ0n) is 10.0. The summed E-state index contributed by atoms with van der Waals surface area (Å²) in [7, 11) is 1.65. The molecule has 90 valence electrons. The Morgan fingerprint density at radius 2 is 2.18 bits per heavy atom. The first-order chi connectivity index (χ1) is 8.20. The molecule has 1 unspecified atom stereocenters. The summed E-state index contributed by atoms with van der Waals surface area (Å²) in [5.74, 6) is 0.830. The van der Waals surface area contributed by atoms with Gasteiger partial charge in [-0.2, -0.15) is 0 Å². The second-order valence-corrected chi connectivity index (χ2v) is 5.12. The van der Waals surface area contributed by atoms with Crippen molar-refractivity contribution in [1.82, 2.24) is 0 Å². The molecule has 17 heavy (non-hydrogen) atoms. The van der Waals surface area contributed by atoms with Gasteiger partial charge in [0.1, 0.15) is 5.75 Å². The molecule has 0 aliphatic heterocycles. The van der Waals surface area contributed by atoms with Crippen LogP contribution < -0.4 is 4.74 Å². The van der Waals surface area contributed by atoms with Crippen molar-refractivity contribution in [2.24, 2.45) is 0 Å². The second-order valence-electron chi connectivity index (χ2n) is 4.00. The van der Waals surface area contributed by atoms with Gasteiger partial charge in [0, 0.05) is 11.3 Å². The van der Waals surface area contributed by atoms with E-state index in [2.05, 4.69) is 0 Å². The highest BCUT2D eigenvalue weighted by atomic mass is 32.1. The smallest absolute Gasteiger partial charge is 0.119 e. The first-order valence-corrected chi connectivity index (χ1v) is 6.43. The topological polar surface area (TPSA) is 29.5 Å². The number of methoxy groups -OCH3 is 1. The van der Waals surface area contributed by atoms with Gasteiger partial charge in [-0.3, -0.25) is 0 Å². The number of thiophene rings is 1. The summed E-state index contributed by atoms with van der Waals surface area (Å²) in [5, 5.41) is 12.2. The lowest BCUT2D eigenvalue weighted by Crippen LogP contribution is -2.02. The van der Waals surface area contributed by atoms with Crippen molar-refractivity contribution in [2.45, 2.75) is 19.4 Å². The van der Waals surface area contributed by atoms with Crippen LogP contribution in [-0.2, 0) is 6.42 Å². The summed E-state index contributed by atoms with van der Waals surface area (Å²) in [4.78, 5) is 1.18. The molecule has 2 aromatic rings. The molecule has 0 saturated carbocycles. The van der Waals surface area contributed by atoms with E-state index in [9.17, 15) is 5.11 Å². The number of rotatable bonds is 4. The van der Waals surface area contributed by atoms with Gasteiger partial charge in [0.15, 0.2) is 0 Å². The molecule has 1 aromatic heterocycles. The lowest BCUT2D eigenvalue weighted by molar-refractivity contribution is 0.178. The van der Waals surface area contributed by atoms with Crippen molar-refractivity contribution in [3.63, 3.8) is 0 Å². The molecule has 2 nitrogen and oxygen atoms in total. The van der Waals surface area contributed by atoms with E-state index in [1.165, 1.54) is 4.88 Å². The molecule has 1 heterocycles. The predicted molar refractivity (Wildman–Crippen MR) is 70.7 cm³/mol. The normalized spacial score (nSPS) is 12.4. The molecule has 1 N–H and O–H groups in total. The largest absolute Gasteiger partial charge is 0.497 e. The Kier molecular flexibility index (Phi) is 3.82. The summed E-state index contributed by atoms with van der Waals surface area (Å²) in [6.07, 6.45) is 0.183. The van der Waals surface area contributed by atoms with Crippen molar-refractivity contribution < 1.29 is 9.84 Å². The van der Waals surface area contributed by atoms with E-state index in [1.807, 2.05) is 42.6 Å². The standard InChI is InChI=1S/C14H16O2S/c1-10-13(6-7-17-10)14(15)9-11-4-3-5-12(8-11)16-2/h3-8,14-15H,9H2,1-2H3. The fourth-order valence-electron chi connectivity index (χ4n) is 1.87. The molecule has 0 aliphatic rings. The highest BCUT2D eigenvalue weighted by molar-refractivity contribution is 7.10. The zero-order chi connectivity index (χ0) is 12.3. The molecule has 0 aliphatic carbocycles. The van der Waals surface area contributed by atoms with Crippen LogP contribution in [0, 0.1) is 6.92 Å². The van der Waals surface area contributed by atoms with Gasteiger partial charge in [0.05, 0.1) is 13.2 Å². The van der Waals surface area contributed by atoms with Crippen LogP contribution in [-0.4, -0.2) is 12.2 Å². The van der Waals surface area contributed by atoms with Gasteiger partial charge in [-0.15, -0.1) is 11.3 Å². The first-order valence-electron chi connectivity index (χ1n) is 5.55. The Morgan fingerprint density at radius 3 is 2.82 bits per heavy atom. The minimum atomic E-state index is -0.437. The summed E-state index contributed by atoms with van der Waals surface area (Å²) >= 11 is 1.67. The van der Waals surface area contributed by atoms with Crippen molar-refractivity contribution in [3.05, 3.63) is 51.7 Å². The molecule has 1 atom stereocenters. The highest BCUT2D eigenvalue weighted by Gasteiger charge is 2.12. The van der Waals surface area contributed by atoms with Crippen molar-refractivity contribution >= 4 is 11.3 Å². The van der Waals surface area contributed by atoms with Crippen molar-refractivity contribution in [1.29, 1.82) is 0 Å². The van der Waals surface area contributed by atoms with Crippen LogP contribution in [0.2, 0.25) is 0 Å². The molecule has 2 rings (SSSR count). The SMILES string of the molecule is COc1cccc(CC(O)c2ccsc2C)c1. The van der Waals surface area contributed by atoms with E-state index in [4.69, 9.17) is 4.74 Å². The minimum Gasteiger partial charge on any atom is -0.497 e. The number of aryl methyl sites for hydroxylation is 1. The van der Waals surface area contributed by atoms with E-state index in [0.717, 1.165) is 16.9 Å². The van der Waals surface area contributed by atoms with E-state index in [-0.39, 0.29) is 0 Å². The third-order valence-corrected chi connectivity index (χ3v) is 3.68. The van der Waals surface area contributed by atoms with Crippen LogP contribution in [0.3, 0.4) is 0 Å². The Hall–Kier alpha value is -1.32. The Bertz CT molecular complexity index is 490. The molecule has 0 radical (unpaired) electrons. The number of ether oxygens (including phenoxy) is 1. The number of benzene rings is 1. The molecular weight excluding hydrogens is 232 g/mol. The summed E-state index contributed by atoms with van der Waals surface area (Å²) in [6, 6.07) is 9.82. The van der Waals surface area contributed by atoms with E-state index < -0.39 is 6.10 Å². The average molecular weight is 248 g/mol. The van der Waals surface area contributed by atoms with E-state index in [1.54, 1.807) is 18.4 Å². The third kappa shape index (κ3) is 2.87. The fraction of sp³-hybridized carbons (Fsp3) is 0.286. The van der Waals surface area contributed by atoms with Crippen LogP contribution in [0.25, 0.3) is 0 Å². The van der Waals surface area contributed by atoms with Gasteiger partial charge in [-0.05, 0) is 41.6 Å². The van der Waals surface area contributed by atoms with Crippen molar-refractivity contribution in [2.75, 3.05) is 7.11 Å². The van der Waals surface area contributed by atoms with Gasteiger partial charge in [0.2, 0.25) is 0 Å². The molecular formula is C14H16O2S. The Labute approximate surface area is 105 Å². The van der Waals surface area contributed by atoms with Crippen LogP contribution in [0.15, 0.2) is 35.7 Å². The Balaban J connectivity index is 2.13. The summed E-state index contributed by atoms with van der Waals surface area (Å²) < 4.78 is 5.17. The summed E-state index contributed by atoms with van der Waals surface area (Å²) in [6.45, 7) is 2.04. The number of aliphatic hydroxyl groups is 1. The van der Waals surface area contributed by atoms with Crippen LogP contribution >= 0.6 is 11.3 Å². The summed E-state index contributed by atoms with van der Waals surface area (Å²) in [5.41, 5.74) is 2.11. The molecule has 1 aromatic carbocycles. The van der Waals surface area contributed by atoms with Crippen LogP contribution in [0.4, 0.5) is 0 Å². The molecule has 3 heteroatoms. The quantitative estimate of drug-likeness (QED) is 0.899. The lowest BCUT2D eigenvalue weighted by atomic mass is 10.0. The number of hydrogen-bond donors (Lipinski definition) is 1. The third-order valence-electron chi connectivity index (χ3n) is 2.82. The maximum Gasteiger partial charge on any atom is 0.119 e. The Morgan fingerprint density at radius 1 is 1.35 bits per heavy atom. The second kappa shape index (κ2) is 5.34. The monoisotopic (exact) mass is 248 g/mol. The maximum atomic E-state index is 10.2. The molecule has 0 fully saturated rings. The van der Waals surface area contributed by atoms with Crippen molar-refractivity contribution in [3.8, 4) is 5.75 Å². The average Bonchev–Trinajstić information content (AvgIpc) is 2.76. The lowest BCUT2D eigenvalue weighted by Gasteiger charge is -2.11. The van der Waals surface area contributed by atoms with Crippen LogP contribution in [0.5, 0.6) is 5.75 Å². The molecule has 0 spiro atoms. The molecule has 0 amide bonds. The highest BCUT2D eigenvalue weighted by Crippen LogP contribution is 2.26. The van der Waals surface area contributed by atoms with Gasteiger partial charge < -0.3 is 9.84 Å². The zero-order valence-corrected chi connectivity index (χ0v) is 10.8. The van der Waals surface area contributed by atoms with Gasteiger partial charge in [-0.25, -0.2) is 0 Å². The predicted octanol–water partition coefficient (Wildman–Crippen LogP) is 3.34. The number of hydrogen-bond acceptors (Lipinski definition) is 3. The van der Waals surface area contributed by atoms with E-state index in [0.29, 0.717) is 6.42 Å². The first kappa shape index (κ1) is 12.1. The van der Waals surface area contributed by atoms with Gasteiger partial charge >= 0.3 is 0 Å². The minimum absolute atomic E-state index is 0.437. The van der Waals surface area contributed by atoms with Gasteiger partial charge in [-0.1, -0.05) is 12.1 Å². The van der Waals surface area contributed by atoms with E-state index >= 15 is 0 Å². The number of aliphatic hydroxyl groups excluding tert-OH is 1. The molecule has 0 saturated heterocycles.